The Morgan fingerprint density at radius 3 is 2.88 bits per heavy atom. The van der Waals surface area contributed by atoms with Gasteiger partial charge in [-0.3, -0.25) is 0 Å². The van der Waals surface area contributed by atoms with Gasteiger partial charge >= 0.3 is 0 Å². The van der Waals surface area contributed by atoms with Gasteiger partial charge in [0.05, 0.1) is 0 Å². The summed E-state index contributed by atoms with van der Waals surface area (Å²) in [6.45, 7) is 5.67. The molecule has 1 aliphatic rings. The Bertz CT molecular complexity index is 347. The summed E-state index contributed by atoms with van der Waals surface area (Å²) in [5.41, 5.74) is 6.96. The Morgan fingerprint density at radius 2 is 2.18 bits per heavy atom. The van der Waals surface area contributed by atoms with Crippen LogP contribution in [0.15, 0.2) is 18.3 Å². The zero-order valence-corrected chi connectivity index (χ0v) is 10.6. The van der Waals surface area contributed by atoms with Crippen LogP contribution in [0.2, 0.25) is 0 Å². The predicted octanol–water partition coefficient (Wildman–Crippen LogP) is 1.19. The Balaban J connectivity index is 1.76. The zero-order chi connectivity index (χ0) is 12.1. The van der Waals surface area contributed by atoms with Crippen molar-refractivity contribution in [2.24, 2.45) is 0 Å². The van der Waals surface area contributed by atoms with Crippen LogP contribution in [0.25, 0.3) is 0 Å². The molecule has 1 aromatic heterocycles. The Labute approximate surface area is 103 Å². The smallest absolute Gasteiger partial charge is 0.127 e. The SMILES string of the molecule is CN(CCN1CCCC1)Cc1cccnc1N. The maximum absolute atomic E-state index is 5.84. The topological polar surface area (TPSA) is 45.4 Å². The predicted molar refractivity (Wildman–Crippen MR) is 70.7 cm³/mol. The molecule has 1 saturated heterocycles. The molecule has 17 heavy (non-hydrogen) atoms. The van der Waals surface area contributed by atoms with Gasteiger partial charge in [0.1, 0.15) is 5.82 Å². The monoisotopic (exact) mass is 234 g/mol. The van der Waals surface area contributed by atoms with E-state index >= 15 is 0 Å². The van der Waals surface area contributed by atoms with Crippen LogP contribution in [0.4, 0.5) is 5.82 Å². The number of rotatable bonds is 5. The van der Waals surface area contributed by atoms with E-state index in [2.05, 4.69) is 27.9 Å². The third kappa shape index (κ3) is 3.68. The standard InChI is InChI=1S/C13H22N4/c1-16(9-10-17-7-2-3-8-17)11-12-5-4-6-15-13(12)14/h4-6H,2-3,7-11H2,1H3,(H2,14,15). The molecular weight excluding hydrogens is 212 g/mol. The summed E-state index contributed by atoms with van der Waals surface area (Å²) >= 11 is 0. The number of likely N-dealkylation sites (N-methyl/N-ethyl adjacent to an activating group) is 1. The first-order valence-electron chi connectivity index (χ1n) is 6.36. The van der Waals surface area contributed by atoms with Crippen molar-refractivity contribution in [1.29, 1.82) is 0 Å². The van der Waals surface area contributed by atoms with E-state index in [4.69, 9.17) is 5.73 Å². The molecule has 4 heteroatoms. The molecule has 0 atom stereocenters. The first kappa shape index (κ1) is 12.3. The Morgan fingerprint density at radius 1 is 1.41 bits per heavy atom. The van der Waals surface area contributed by atoms with E-state index in [1.165, 1.54) is 25.9 Å². The fourth-order valence-electron chi connectivity index (χ4n) is 2.27. The Hall–Kier alpha value is -1.13. The lowest BCUT2D eigenvalue weighted by Crippen LogP contribution is -2.31. The van der Waals surface area contributed by atoms with Crippen LogP contribution < -0.4 is 5.73 Å². The van der Waals surface area contributed by atoms with E-state index < -0.39 is 0 Å². The number of hydrogen-bond acceptors (Lipinski definition) is 4. The van der Waals surface area contributed by atoms with Crippen molar-refractivity contribution < 1.29 is 0 Å². The minimum absolute atomic E-state index is 0.653. The number of nitrogen functional groups attached to an aromatic ring is 1. The number of anilines is 1. The number of nitrogens with zero attached hydrogens (tertiary/aromatic N) is 3. The van der Waals surface area contributed by atoms with Crippen molar-refractivity contribution in [3.05, 3.63) is 23.9 Å². The fourth-order valence-corrected chi connectivity index (χ4v) is 2.27. The van der Waals surface area contributed by atoms with Crippen molar-refractivity contribution in [2.45, 2.75) is 19.4 Å². The number of pyridine rings is 1. The fraction of sp³-hybridized carbons (Fsp3) is 0.615. The minimum Gasteiger partial charge on any atom is -0.383 e. The van der Waals surface area contributed by atoms with Gasteiger partial charge in [-0.15, -0.1) is 0 Å². The molecule has 0 radical (unpaired) electrons. The molecule has 0 saturated carbocycles. The summed E-state index contributed by atoms with van der Waals surface area (Å²) in [5, 5.41) is 0. The molecule has 0 unspecified atom stereocenters. The normalized spacial score (nSPS) is 16.8. The van der Waals surface area contributed by atoms with E-state index in [9.17, 15) is 0 Å². The van der Waals surface area contributed by atoms with Crippen molar-refractivity contribution in [3.8, 4) is 0 Å². The molecule has 1 fully saturated rings. The van der Waals surface area contributed by atoms with Gasteiger partial charge in [0, 0.05) is 31.4 Å². The van der Waals surface area contributed by atoms with Crippen molar-refractivity contribution in [1.82, 2.24) is 14.8 Å². The molecule has 0 amide bonds. The number of aromatic nitrogens is 1. The van der Waals surface area contributed by atoms with Crippen molar-refractivity contribution in [2.75, 3.05) is 39.0 Å². The molecule has 0 bridgehead atoms. The maximum Gasteiger partial charge on any atom is 0.127 e. The maximum atomic E-state index is 5.84. The summed E-state index contributed by atoms with van der Waals surface area (Å²) < 4.78 is 0. The summed E-state index contributed by atoms with van der Waals surface area (Å²) in [7, 11) is 2.14. The van der Waals surface area contributed by atoms with Crippen LogP contribution in [0.3, 0.4) is 0 Å². The largest absolute Gasteiger partial charge is 0.383 e. The van der Waals surface area contributed by atoms with E-state index in [1.54, 1.807) is 6.20 Å². The molecule has 0 aromatic carbocycles. The third-order valence-electron chi connectivity index (χ3n) is 3.36. The molecule has 0 aliphatic carbocycles. The van der Waals surface area contributed by atoms with Crippen LogP contribution in [0.5, 0.6) is 0 Å². The van der Waals surface area contributed by atoms with Gasteiger partial charge in [-0.1, -0.05) is 6.07 Å². The molecule has 4 nitrogen and oxygen atoms in total. The van der Waals surface area contributed by atoms with E-state index in [1.807, 2.05) is 6.07 Å². The van der Waals surface area contributed by atoms with E-state index in [0.717, 1.165) is 25.2 Å². The number of nitrogens with two attached hydrogens (primary N) is 1. The Kier molecular flexibility index (Phi) is 4.34. The minimum atomic E-state index is 0.653. The van der Waals surface area contributed by atoms with Gasteiger partial charge in [-0.25, -0.2) is 4.98 Å². The lowest BCUT2D eigenvalue weighted by Gasteiger charge is -2.21. The first-order valence-corrected chi connectivity index (χ1v) is 6.36. The highest BCUT2D eigenvalue weighted by Crippen LogP contribution is 2.10. The van der Waals surface area contributed by atoms with Crippen LogP contribution in [-0.4, -0.2) is 48.0 Å². The quantitative estimate of drug-likeness (QED) is 0.831. The van der Waals surface area contributed by atoms with Crippen LogP contribution in [0.1, 0.15) is 18.4 Å². The second-order valence-corrected chi connectivity index (χ2v) is 4.83. The highest BCUT2D eigenvalue weighted by Gasteiger charge is 2.12. The summed E-state index contributed by atoms with van der Waals surface area (Å²) in [6.07, 6.45) is 4.46. The van der Waals surface area contributed by atoms with Gasteiger partial charge in [0.2, 0.25) is 0 Å². The number of likely N-dealkylation sites (tertiary alicyclic amines) is 1. The second kappa shape index (κ2) is 5.98. The first-order chi connectivity index (χ1) is 8.25. The highest BCUT2D eigenvalue weighted by molar-refractivity contribution is 5.38. The second-order valence-electron chi connectivity index (χ2n) is 4.83. The highest BCUT2D eigenvalue weighted by atomic mass is 15.2. The summed E-state index contributed by atoms with van der Waals surface area (Å²) in [4.78, 5) is 8.95. The lowest BCUT2D eigenvalue weighted by molar-refractivity contribution is 0.252. The molecule has 2 heterocycles. The molecule has 1 aliphatic heterocycles. The molecular formula is C13H22N4. The van der Waals surface area contributed by atoms with Crippen LogP contribution in [0, 0.1) is 0 Å². The molecule has 2 N–H and O–H groups in total. The molecule has 1 aromatic rings. The average molecular weight is 234 g/mol. The number of hydrogen-bond donors (Lipinski definition) is 1. The van der Waals surface area contributed by atoms with E-state index in [0.29, 0.717) is 5.82 Å². The van der Waals surface area contributed by atoms with Crippen molar-refractivity contribution >= 4 is 5.82 Å². The third-order valence-corrected chi connectivity index (χ3v) is 3.36. The molecule has 94 valence electrons. The molecule has 0 spiro atoms. The zero-order valence-electron chi connectivity index (χ0n) is 10.6. The van der Waals surface area contributed by atoms with Crippen LogP contribution in [-0.2, 0) is 6.54 Å². The average Bonchev–Trinajstić information content (AvgIpc) is 2.82. The van der Waals surface area contributed by atoms with Gasteiger partial charge in [0.15, 0.2) is 0 Å². The van der Waals surface area contributed by atoms with Gasteiger partial charge in [0.25, 0.3) is 0 Å². The van der Waals surface area contributed by atoms with Crippen molar-refractivity contribution in [3.63, 3.8) is 0 Å². The van der Waals surface area contributed by atoms with E-state index in [-0.39, 0.29) is 0 Å². The van der Waals surface area contributed by atoms with Crippen LogP contribution >= 0.6 is 0 Å². The van der Waals surface area contributed by atoms with Gasteiger partial charge in [-0.2, -0.15) is 0 Å². The van der Waals surface area contributed by atoms with Gasteiger partial charge < -0.3 is 15.5 Å². The summed E-state index contributed by atoms with van der Waals surface area (Å²) in [6, 6.07) is 3.99. The van der Waals surface area contributed by atoms with Gasteiger partial charge in [-0.05, 0) is 39.0 Å². The summed E-state index contributed by atoms with van der Waals surface area (Å²) in [5.74, 6) is 0.653. The lowest BCUT2D eigenvalue weighted by atomic mass is 10.2. The molecule has 2 rings (SSSR count).